The van der Waals surface area contributed by atoms with Gasteiger partial charge in [-0.05, 0) is 24.6 Å². The number of carbonyl (C=O) groups excluding carboxylic acids is 1. The Hall–Kier alpha value is -3.82. The smallest absolute Gasteiger partial charge is 0.335 e. The summed E-state index contributed by atoms with van der Waals surface area (Å²) in [5, 5.41) is 23.3. The number of aromatic amines is 1. The first-order chi connectivity index (χ1) is 14.4. The number of urea groups is 1. The Morgan fingerprint density at radius 3 is 2.47 bits per heavy atom. The van der Waals surface area contributed by atoms with Gasteiger partial charge in [-0.15, -0.1) is 0 Å². The number of carbonyl (C=O) groups is 3. The average molecular weight is 418 g/mol. The summed E-state index contributed by atoms with van der Waals surface area (Å²) >= 11 is 0. The molecule has 0 spiro atoms. The van der Waals surface area contributed by atoms with Crippen LogP contribution >= 0.6 is 0 Å². The number of unbranched alkanes of at least 4 members (excludes halogenated alkanes) is 2. The Morgan fingerprint density at radius 2 is 1.87 bits per heavy atom. The molecule has 0 atom stereocenters. The maximum absolute atomic E-state index is 11.5. The Labute approximate surface area is 173 Å². The second kappa shape index (κ2) is 13.4. The lowest BCUT2D eigenvalue weighted by Gasteiger charge is -2.02. The maximum Gasteiger partial charge on any atom is 0.335 e. The molecule has 0 saturated carbocycles. The van der Waals surface area contributed by atoms with E-state index in [-0.39, 0.29) is 6.03 Å². The number of H-pyrrole nitrogens is 1. The molecule has 0 unspecified atom stereocenters. The summed E-state index contributed by atoms with van der Waals surface area (Å²) in [6.07, 6.45) is 7.80. The lowest BCUT2D eigenvalue weighted by atomic mass is 10.2. The van der Waals surface area contributed by atoms with Crippen LogP contribution in [0.5, 0.6) is 5.75 Å². The topological polar surface area (TPSA) is 153 Å². The molecule has 0 fully saturated rings. The fourth-order valence-electron chi connectivity index (χ4n) is 2.27. The van der Waals surface area contributed by atoms with Crippen molar-refractivity contribution in [2.24, 2.45) is 5.10 Å². The lowest BCUT2D eigenvalue weighted by Crippen LogP contribution is -2.32. The number of methoxy groups -OCH3 is 1. The van der Waals surface area contributed by atoms with Crippen LogP contribution in [0.2, 0.25) is 0 Å². The summed E-state index contributed by atoms with van der Waals surface area (Å²) in [6.45, 7) is 2.79. The van der Waals surface area contributed by atoms with Crippen LogP contribution in [0.25, 0.3) is 10.9 Å². The zero-order valence-corrected chi connectivity index (χ0v) is 16.8. The zero-order valence-electron chi connectivity index (χ0n) is 16.8. The standard InChI is InChI=1S/C16H22N4O2.C4H4O4/c1-3-4-5-8-17-16(21)20-19-11-12-10-18-15-7-6-13(22-2)9-14(12)15;5-3(6)1-2-4(7)8/h6-7,9-11,18H,3-5,8H2,1-2H3,(H2,17,20,21);1-2H,(H,5,6)(H,7,8)/b;2-1-. The first-order valence-corrected chi connectivity index (χ1v) is 9.23. The number of nitrogens with zero attached hydrogens (tertiary/aromatic N) is 1. The van der Waals surface area contributed by atoms with Crippen LogP contribution in [0.4, 0.5) is 4.79 Å². The second-order valence-corrected chi connectivity index (χ2v) is 6.00. The highest BCUT2D eigenvalue weighted by molar-refractivity contribution is 5.99. The van der Waals surface area contributed by atoms with E-state index in [1.165, 1.54) is 0 Å². The van der Waals surface area contributed by atoms with Crippen molar-refractivity contribution in [2.45, 2.75) is 26.2 Å². The molecule has 0 aliphatic heterocycles. The monoisotopic (exact) mass is 418 g/mol. The predicted molar refractivity (Wildman–Crippen MR) is 113 cm³/mol. The third-order valence-electron chi connectivity index (χ3n) is 3.73. The summed E-state index contributed by atoms with van der Waals surface area (Å²) in [7, 11) is 1.63. The van der Waals surface area contributed by atoms with Gasteiger partial charge in [0, 0.05) is 41.4 Å². The van der Waals surface area contributed by atoms with Gasteiger partial charge in [0.2, 0.25) is 0 Å². The van der Waals surface area contributed by atoms with Gasteiger partial charge in [0.15, 0.2) is 0 Å². The van der Waals surface area contributed by atoms with Gasteiger partial charge in [0.25, 0.3) is 0 Å². The fourth-order valence-corrected chi connectivity index (χ4v) is 2.27. The largest absolute Gasteiger partial charge is 0.497 e. The van der Waals surface area contributed by atoms with Crippen LogP contribution in [-0.4, -0.2) is 53.0 Å². The molecule has 10 nitrogen and oxygen atoms in total. The second-order valence-electron chi connectivity index (χ2n) is 6.00. The van der Waals surface area contributed by atoms with E-state index in [1.54, 1.807) is 13.3 Å². The van der Waals surface area contributed by atoms with E-state index in [0.29, 0.717) is 18.7 Å². The molecule has 0 aliphatic carbocycles. The van der Waals surface area contributed by atoms with E-state index < -0.39 is 11.9 Å². The number of fused-ring (bicyclic) bond motifs is 1. The highest BCUT2D eigenvalue weighted by Crippen LogP contribution is 2.22. The number of aliphatic carboxylic acids is 2. The van der Waals surface area contributed by atoms with Gasteiger partial charge in [0.05, 0.1) is 13.3 Å². The van der Waals surface area contributed by atoms with Crippen LogP contribution in [-0.2, 0) is 9.59 Å². The molecule has 30 heavy (non-hydrogen) atoms. The predicted octanol–water partition coefficient (Wildman–Crippen LogP) is 2.71. The molecule has 2 rings (SSSR count). The number of carboxylic acid groups (broad SMARTS) is 2. The molecule has 162 valence electrons. The van der Waals surface area contributed by atoms with Crippen molar-refractivity contribution in [3.05, 3.63) is 42.1 Å². The van der Waals surface area contributed by atoms with Crippen LogP contribution in [0.3, 0.4) is 0 Å². The fraction of sp³-hybridized carbons (Fsp3) is 0.300. The third kappa shape index (κ3) is 9.40. The van der Waals surface area contributed by atoms with E-state index in [4.69, 9.17) is 14.9 Å². The van der Waals surface area contributed by atoms with Crippen molar-refractivity contribution in [2.75, 3.05) is 13.7 Å². The molecular weight excluding hydrogens is 392 g/mol. The Kier molecular flexibility index (Phi) is 10.8. The van der Waals surface area contributed by atoms with E-state index in [9.17, 15) is 14.4 Å². The summed E-state index contributed by atoms with van der Waals surface area (Å²) in [4.78, 5) is 33.8. The van der Waals surface area contributed by atoms with Gasteiger partial charge in [-0.2, -0.15) is 5.10 Å². The van der Waals surface area contributed by atoms with Crippen molar-refractivity contribution in [1.29, 1.82) is 0 Å². The number of amides is 2. The number of hydrazone groups is 1. The van der Waals surface area contributed by atoms with Crippen molar-refractivity contribution in [3.8, 4) is 5.75 Å². The number of rotatable bonds is 9. The average Bonchev–Trinajstić information content (AvgIpc) is 3.12. The van der Waals surface area contributed by atoms with Gasteiger partial charge in [0.1, 0.15) is 5.75 Å². The Morgan fingerprint density at radius 1 is 1.17 bits per heavy atom. The normalized spacial score (nSPS) is 10.6. The summed E-state index contributed by atoms with van der Waals surface area (Å²) in [5.74, 6) is -1.73. The summed E-state index contributed by atoms with van der Waals surface area (Å²) in [5.41, 5.74) is 4.35. The van der Waals surface area contributed by atoms with Gasteiger partial charge >= 0.3 is 18.0 Å². The van der Waals surface area contributed by atoms with Gasteiger partial charge in [-0.1, -0.05) is 19.8 Å². The zero-order chi connectivity index (χ0) is 22.4. The SMILES string of the molecule is CCCCCNC(=O)NN=Cc1c[nH]c2ccc(OC)cc12.O=C(O)/C=C\C(=O)O. The lowest BCUT2D eigenvalue weighted by molar-refractivity contribution is -0.134. The Bertz CT molecular complexity index is 888. The molecular formula is C20H26N4O6. The molecule has 0 bridgehead atoms. The first kappa shape index (κ1) is 24.2. The van der Waals surface area contributed by atoms with Crippen LogP contribution in [0, 0.1) is 0 Å². The molecule has 0 saturated heterocycles. The summed E-state index contributed by atoms with van der Waals surface area (Å²) < 4.78 is 5.22. The van der Waals surface area contributed by atoms with Gasteiger partial charge < -0.3 is 25.3 Å². The van der Waals surface area contributed by atoms with Crippen LogP contribution in [0.15, 0.2) is 41.6 Å². The van der Waals surface area contributed by atoms with E-state index in [0.717, 1.165) is 41.5 Å². The molecule has 10 heteroatoms. The van der Waals surface area contributed by atoms with Crippen LogP contribution in [0.1, 0.15) is 31.7 Å². The van der Waals surface area contributed by atoms with Gasteiger partial charge in [-0.25, -0.2) is 19.8 Å². The molecule has 5 N–H and O–H groups in total. The molecule has 2 aromatic rings. The number of benzene rings is 1. The molecule has 2 amide bonds. The molecule has 0 aliphatic rings. The minimum Gasteiger partial charge on any atom is -0.497 e. The summed E-state index contributed by atoms with van der Waals surface area (Å²) in [6, 6.07) is 5.48. The minimum atomic E-state index is -1.26. The van der Waals surface area contributed by atoms with Crippen molar-refractivity contribution >= 4 is 35.1 Å². The van der Waals surface area contributed by atoms with E-state index in [2.05, 4.69) is 27.8 Å². The van der Waals surface area contributed by atoms with E-state index >= 15 is 0 Å². The number of hydrogen-bond acceptors (Lipinski definition) is 5. The first-order valence-electron chi connectivity index (χ1n) is 9.23. The highest BCUT2D eigenvalue weighted by Gasteiger charge is 2.03. The third-order valence-corrected chi connectivity index (χ3v) is 3.73. The number of aromatic nitrogens is 1. The Balaban J connectivity index is 0.000000479. The van der Waals surface area contributed by atoms with Crippen molar-refractivity contribution in [1.82, 2.24) is 15.7 Å². The highest BCUT2D eigenvalue weighted by atomic mass is 16.5. The number of ether oxygens (including phenoxy) is 1. The van der Waals surface area contributed by atoms with E-state index in [1.807, 2.05) is 24.4 Å². The minimum absolute atomic E-state index is 0.287. The van der Waals surface area contributed by atoms with Crippen LogP contribution < -0.4 is 15.5 Å². The molecule has 1 heterocycles. The molecule has 1 aromatic heterocycles. The maximum atomic E-state index is 11.5. The number of hydrogen-bond donors (Lipinski definition) is 5. The number of nitrogens with one attached hydrogen (secondary N) is 3. The molecule has 0 radical (unpaired) electrons. The quantitative estimate of drug-likeness (QED) is 0.183. The van der Waals surface area contributed by atoms with Crippen molar-refractivity contribution < 1.29 is 29.3 Å². The van der Waals surface area contributed by atoms with Crippen molar-refractivity contribution in [3.63, 3.8) is 0 Å². The molecule has 1 aromatic carbocycles. The van der Waals surface area contributed by atoms with Gasteiger partial charge in [-0.3, -0.25) is 0 Å². The number of carboxylic acids is 2.